The van der Waals surface area contributed by atoms with Crippen molar-refractivity contribution >= 4 is 45.2 Å². The fraction of sp³-hybridized carbons (Fsp3) is 0.857. The molecule has 0 heterocycles. The molecule has 2 nitrogen and oxygen atoms in total. The van der Waals surface area contributed by atoms with Gasteiger partial charge in [0.1, 0.15) is 5.73 Å². The van der Waals surface area contributed by atoms with Crippen LogP contribution in [0.2, 0.25) is 0 Å². The van der Waals surface area contributed by atoms with Crippen LogP contribution in [0, 0.1) is 0 Å². The van der Waals surface area contributed by atoms with Gasteiger partial charge in [0.15, 0.2) is 0 Å². The van der Waals surface area contributed by atoms with Crippen molar-refractivity contribution in [2.75, 3.05) is 0 Å². The first-order chi connectivity index (χ1) is 5.91. The quantitative estimate of drug-likeness (QED) is 0.432. The zero-order valence-electron chi connectivity index (χ0n) is 7.65. The van der Waals surface area contributed by atoms with Crippen LogP contribution >= 0.6 is 33.2 Å². The molecule has 0 spiro atoms. The molecular weight excluding hydrogens is 251 g/mol. The number of rotatable bonds is 5. The molecule has 0 aliphatic carbocycles. The van der Waals surface area contributed by atoms with E-state index in [0.29, 0.717) is 12.8 Å². The summed E-state index contributed by atoms with van der Waals surface area (Å²) in [5, 5.41) is 0. The van der Waals surface area contributed by atoms with Gasteiger partial charge in [-0.25, -0.2) is 0 Å². The predicted octanol–water partition coefficient (Wildman–Crippen LogP) is 3.30. The van der Waals surface area contributed by atoms with E-state index in [9.17, 15) is 4.79 Å². The standard InChI is InChI=1S/C7H13Cl3O2Si/c1-3-5-6(11)12-7(4-2)13(8,9)10/h7H,3-5H2,1-2H3. The van der Waals surface area contributed by atoms with E-state index < -0.39 is 11.7 Å². The van der Waals surface area contributed by atoms with Gasteiger partial charge in [0, 0.05) is 6.42 Å². The summed E-state index contributed by atoms with van der Waals surface area (Å²) < 4.78 is 5.03. The van der Waals surface area contributed by atoms with Crippen LogP contribution in [0.3, 0.4) is 0 Å². The first-order valence-corrected chi connectivity index (χ1v) is 9.29. The van der Waals surface area contributed by atoms with Crippen molar-refractivity contribution < 1.29 is 9.53 Å². The summed E-state index contributed by atoms with van der Waals surface area (Å²) in [5.74, 6) is -0.284. The molecule has 6 heteroatoms. The third-order valence-corrected chi connectivity index (χ3v) is 4.91. The molecule has 0 saturated heterocycles. The van der Waals surface area contributed by atoms with Crippen molar-refractivity contribution in [3.05, 3.63) is 0 Å². The molecule has 0 radical (unpaired) electrons. The molecule has 0 saturated carbocycles. The molecule has 0 bridgehead atoms. The minimum Gasteiger partial charge on any atom is -0.462 e. The van der Waals surface area contributed by atoms with Crippen LogP contribution in [0.1, 0.15) is 33.1 Å². The zero-order chi connectivity index (χ0) is 10.5. The molecule has 0 aromatic carbocycles. The molecule has 0 rings (SSSR count). The Hall–Kier alpha value is 0.557. The van der Waals surface area contributed by atoms with Crippen LogP contribution < -0.4 is 0 Å². The Morgan fingerprint density at radius 2 is 1.92 bits per heavy atom. The lowest BCUT2D eigenvalue weighted by atomic mass is 10.3. The number of carbonyl (C=O) groups is 1. The van der Waals surface area contributed by atoms with Crippen LogP contribution in [0.15, 0.2) is 0 Å². The lowest BCUT2D eigenvalue weighted by Crippen LogP contribution is -2.35. The van der Waals surface area contributed by atoms with Gasteiger partial charge in [-0.15, -0.1) is 33.2 Å². The van der Waals surface area contributed by atoms with Gasteiger partial charge < -0.3 is 4.74 Å². The summed E-state index contributed by atoms with van der Waals surface area (Å²) >= 11 is 17.2. The number of halogens is 3. The van der Waals surface area contributed by atoms with Gasteiger partial charge in [0.25, 0.3) is 0 Å². The maximum Gasteiger partial charge on any atom is 0.381 e. The highest BCUT2D eigenvalue weighted by Gasteiger charge is 2.38. The van der Waals surface area contributed by atoms with Gasteiger partial charge >= 0.3 is 12.0 Å². The SMILES string of the molecule is CCCC(=O)OC(CC)[Si](Cl)(Cl)Cl. The van der Waals surface area contributed by atoms with Crippen molar-refractivity contribution in [3.63, 3.8) is 0 Å². The molecule has 0 aromatic rings. The third-order valence-electron chi connectivity index (χ3n) is 1.46. The Morgan fingerprint density at radius 1 is 1.38 bits per heavy atom. The van der Waals surface area contributed by atoms with Crippen molar-refractivity contribution in [2.45, 2.75) is 38.8 Å². The van der Waals surface area contributed by atoms with E-state index in [1.54, 1.807) is 0 Å². The van der Waals surface area contributed by atoms with Crippen LogP contribution in [-0.2, 0) is 9.53 Å². The maximum atomic E-state index is 11.1. The van der Waals surface area contributed by atoms with Crippen LogP contribution in [0.5, 0.6) is 0 Å². The van der Waals surface area contributed by atoms with E-state index in [1.807, 2.05) is 13.8 Å². The smallest absolute Gasteiger partial charge is 0.381 e. The summed E-state index contributed by atoms with van der Waals surface area (Å²) in [6.07, 6.45) is 1.68. The van der Waals surface area contributed by atoms with Crippen molar-refractivity contribution in [1.82, 2.24) is 0 Å². The van der Waals surface area contributed by atoms with Gasteiger partial charge in [0.05, 0.1) is 0 Å². The molecule has 13 heavy (non-hydrogen) atoms. The summed E-state index contributed by atoms with van der Waals surface area (Å²) in [6, 6.07) is -2.90. The lowest BCUT2D eigenvalue weighted by Gasteiger charge is -2.20. The van der Waals surface area contributed by atoms with Crippen molar-refractivity contribution in [2.24, 2.45) is 0 Å². The lowest BCUT2D eigenvalue weighted by molar-refractivity contribution is -0.145. The highest BCUT2D eigenvalue weighted by Crippen LogP contribution is 2.28. The molecular formula is C7H13Cl3O2Si. The van der Waals surface area contributed by atoms with E-state index in [2.05, 4.69) is 0 Å². The molecule has 78 valence electrons. The van der Waals surface area contributed by atoms with E-state index in [0.717, 1.165) is 6.42 Å². The van der Waals surface area contributed by atoms with Gasteiger partial charge in [-0.05, 0) is 12.8 Å². The molecule has 0 amide bonds. The second kappa shape index (κ2) is 6.12. The van der Waals surface area contributed by atoms with Crippen LogP contribution in [0.25, 0.3) is 0 Å². The molecule has 0 aliphatic rings. The van der Waals surface area contributed by atoms with Gasteiger partial charge in [0.2, 0.25) is 0 Å². The Morgan fingerprint density at radius 3 is 2.23 bits per heavy atom. The number of esters is 1. The highest BCUT2D eigenvalue weighted by atomic mass is 35.8. The Balaban J connectivity index is 4.06. The first kappa shape index (κ1) is 13.6. The summed E-state index contributed by atoms with van der Waals surface area (Å²) in [5.41, 5.74) is -0.517. The average Bonchev–Trinajstić information content (AvgIpc) is 1.98. The maximum absolute atomic E-state index is 11.1. The first-order valence-electron chi connectivity index (χ1n) is 4.18. The minimum absolute atomic E-state index is 0.284. The summed E-state index contributed by atoms with van der Waals surface area (Å²) in [4.78, 5) is 11.1. The molecule has 1 atom stereocenters. The van der Waals surface area contributed by atoms with E-state index >= 15 is 0 Å². The normalized spacial score (nSPS) is 13.9. The fourth-order valence-corrected chi connectivity index (χ4v) is 3.32. The Labute approximate surface area is 93.6 Å². The number of ether oxygens (including phenoxy) is 1. The van der Waals surface area contributed by atoms with E-state index in [1.165, 1.54) is 0 Å². The Kier molecular flexibility index (Phi) is 6.38. The number of carbonyl (C=O) groups excluding carboxylic acids is 1. The highest BCUT2D eigenvalue weighted by molar-refractivity contribution is 7.65. The summed E-state index contributed by atoms with van der Waals surface area (Å²) in [6.45, 7) is 3.73. The molecule has 1 unspecified atom stereocenters. The van der Waals surface area contributed by atoms with Gasteiger partial charge in [-0.3, -0.25) is 4.79 Å². The van der Waals surface area contributed by atoms with Gasteiger partial charge in [-0.1, -0.05) is 13.8 Å². The molecule has 0 aliphatic heterocycles. The Bertz CT molecular complexity index is 170. The number of hydrogen-bond acceptors (Lipinski definition) is 2. The van der Waals surface area contributed by atoms with Crippen LogP contribution in [0.4, 0.5) is 0 Å². The molecule has 0 N–H and O–H groups in total. The van der Waals surface area contributed by atoms with Crippen molar-refractivity contribution in [1.29, 1.82) is 0 Å². The number of hydrogen-bond donors (Lipinski definition) is 0. The van der Waals surface area contributed by atoms with Crippen molar-refractivity contribution in [3.8, 4) is 0 Å². The largest absolute Gasteiger partial charge is 0.462 e. The van der Waals surface area contributed by atoms with E-state index in [-0.39, 0.29) is 5.97 Å². The molecule has 0 fully saturated rings. The van der Waals surface area contributed by atoms with Crippen LogP contribution in [-0.4, -0.2) is 17.7 Å². The fourth-order valence-electron chi connectivity index (χ4n) is 0.803. The topological polar surface area (TPSA) is 26.3 Å². The van der Waals surface area contributed by atoms with Gasteiger partial charge in [-0.2, -0.15) is 0 Å². The van der Waals surface area contributed by atoms with E-state index in [4.69, 9.17) is 38.0 Å². The summed E-state index contributed by atoms with van der Waals surface area (Å²) in [7, 11) is 0. The zero-order valence-corrected chi connectivity index (χ0v) is 10.9. The second-order valence-electron chi connectivity index (χ2n) is 2.68. The second-order valence-corrected chi connectivity index (χ2v) is 11.5. The minimum atomic E-state index is -2.90. The monoisotopic (exact) mass is 262 g/mol. The predicted molar refractivity (Wildman–Crippen MR) is 58.4 cm³/mol. The average molecular weight is 264 g/mol. The third kappa shape index (κ3) is 5.78. The molecule has 0 aromatic heterocycles.